The molecule has 1 aromatic carbocycles. The Morgan fingerprint density at radius 1 is 1.21 bits per heavy atom. The molecule has 1 amide bonds. The van der Waals surface area contributed by atoms with Gasteiger partial charge in [0.2, 0.25) is 21.9 Å². The number of halogens is 1. The maximum absolute atomic E-state index is 13.7. The van der Waals surface area contributed by atoms with Gasteiger partial charge in [-0.15, -0.1) is 0 Å². The third kappa shape index (κ3) is 6.20. The van der Waals surface area contributed by atoms with E-state index in [1.165, 1.54) is 19.2 Å². The number of aromatic nitrogens is 3. The van der Waals surface area contributed by atoms with E-state index in [2.05, 4.69) is 25.6 Å². The Hall–Kier alpha value is -3.36. The van der Waals surface area contributed by atoms with Crippen LogP contribution in [0.15, 0.2) is 47.5 Å². The molecule has 2 aliphatic rings. The van der Waals surface area contributed by atoms with Gasteiger partial charge in [0.15, 0.2) is 0 Å². The van der Waals surface area contributed by atoms with Crippen LogP contribution in [-0.2, 0) is 26.1 Å². The molecule has 1 saturated heterocycles. The van der Waals surface area contributed by atoms with Gasteiger partial charge >= 0.3 is 0 Å². The van der Waals surface area contributed by atoms with Crippen molar-refractivity contribution >= 4 is 39.3 Å². The van der Waals surface area contributed by atoms with Gasteiger partial charge in [-0.05, 0) is 43.5 Å². The van der Waals surface area contributed by atoms with E-state index in [1.54, 1.807) is 24.3 Å². The standard InChI is InChI=1S/C28H34ClN7O5S/c1-17(27(38)33-23(16-37)22-5-4-6-25(32-22)35(2)3)36-15-19-8-7-18(13-24(19)42(36,39)40)26-21(29)14-30-28(34-26)31-20-9-11-41-12-10-20/h4-8,13-14,17,20,23,37H,9-12,15-16H2,1-3H3,(H,33,38)(H,30,31,34)/t17-,23-/m1/s1. The van der Waals surface area contributed by atoms with Crippen LogP contribution in [0, 0.1) is 0 Å². The number of fused-ring (bicyclic) bond motifs is 1. The number of ether oxygens (including phenoxy) is 1. The molecule has 224 valence electrons. The number of rotatable bonds is 9. The number of hydrogen-bond donors (Lipinski definition) is 3. The number of nitrogens with zero attached hydrogens (tertiary/aromatic N) is 5. The maximum atomic E-state index is 13.7. The Bertz CT molecular complexity index is 1570. The number of sulfonamides is 1. The SMILES string of the molecule is C[C@H](C(=O)N[C@H](CO)c1cccc(N(C)C)n1)N1Cc2ccc(-c3nc(NC4CCOCC4)ncc3Cl)cc2S1(=O)=O. The van der Waals surface area contributed by atoms with Crippen LogP contribution >= 0.6 is 11.6 Å². The summed E-state index contributed by atoms with van der Waals surface area (Å²) in [5.41, 5.74) is 1.95. The lowest BCUT2D eigenvalue weighted by molar-refractivity contribution is -0.125. The number of anilines is 2. The minimum absolute atomic E-state index is 0.0265. The predicted octanol–water partition coefficient (Wildman–Crippen LogP) is 2.59. The molecule has 12 nitrogen and oxygen atoms in total. The van der Waals surface area contributed by atoms with Gasteiger partial charge in [-0.2, -0.15) is 4.31 Å². The summed E-state index contributed by atoms with van der Waals surface area (Å²) in [5, 5.41) is 16.3. The van der Waals surface area contributed by atoms with Gasteiger partial charge < -0.3 is 25.4 Å². The van der Waals surface area contributed by atoms with Crippen molar-refractivity contribution in [2.45, 2.75) is 49.3 Å². The Morgan fingerprint density at radius 2 is 1.98 bits per heavy atom. The third-order valence-corrected chi connectivity index (χ3v) is 9.71. The number of nitrogens with one attached hydrogen (secondary N) is 2. The summed E-state index contributed by atoms with van der Waals surface area (Å²) in [4.78, 5) is 28.5. The Morgan fingerprint density at radius 3 is 2.69 bits per heavy atom. The zero-order chi connectivity index (χ0) is 30.0. The second-order valence-electron chi connectivity index (χ2n) is 10.5. The molecule has 0 unspecified atom stereocenters. The van der Waals surface area contributed by atoms with Crippen LogP contribution in [0.3, 0.4) is 0 Å². The summed E-state index contributed by atoms with van der Waals surface area (Å²) in [7, 11) is -0.346. The first-order valence-corrected chi connectivity index (χ1v) is 15.5. The number of amides is 1. The fourth-order valence-electron chi connectivity index (χ4n) is 4.98. The smallest absolute Gasteiger partial charge is 0.244 e. The quantitative estimate of drug-likeness (QED) is 0.328. The van der Waals surface area contributed by atoms with Crippen molar-refractivity contribution in [3.63, 3.8) is 0 Å². The van der Waals surface area contributed by atoms with Crippen molar-refractivity contribution in [1.29, 1.82) is 0 Å². The van der Waals surface area contributed by atoms with Gasteiger partial charge in [0, 0.05) is 45.5 Å². The van der Waals surface area contributed by atoms with Crippen LogP contribution in [0.2, 0.25) is 5.02 Å². The van der Waals surface area contributed by atoms with Crippen LogP contribution in [0.1, 0.15) is 37.1 Å². The highest BCUT2D eigenvalue weighted by Crippen LogP contribution is 2.36. The number of carbonyl (C=O) groups excluding carboxylic acids is 1. The van der Waals surface area contributed by atoms with E-state index in [1.807, 2.05) is 25.1 Å². The van der Waals surface area contributed by atoms with Crippen molar-refractivity contribution in [2.75, 3.05) is 44.1 Å². The largest absolute Gasteiger partial charge is 0.394 e. The van der Waals surface area contributed by atoms with E-state index < -0.39 is 34.6 Å². The molecule has 3 aromatic rings. The second-order valence-corrected chi connectivity index (χ2v) is 12.8. The average molecular weight is 616 g/mol. The van der Waals surface area contributed by atoms with Crippen molar-refractivity contribution in [3.05, 3.63) is 58.9 Å². The van der Waals surface area contributed by atoms with E-state index in [9.17, 15) is 18.3 Å². The molecule has 5 rings (SSSR count). The van der Waals surface area contributed by atoms with Crippen LogP contribution < -0.4 is 15.5 Å². The normalized spacial score (nSPS) is 18.2. The lowest BCUT2D eigenvalue weighted by atomic mass is 10.1. The van der Waals surface area contributed by atoms with Crippen LogP contribution in [0.5, 0.6) is 0 Å². The Kier molecular flexibility index (Phi) is 8.94. The second kappa shape index (κ2) is 12.5. The van der Waals surface area contributed by atoms with Gasteiger partial charge in [-0.3, -0.25) is 4.79 Å². The molecule has 1 fully saturated rings. The van der Waals surface area contributed by atoms with Gasteiger partial charge in [-0.25, -0.2) is 23.4 Å². The topological polar surface area (TPSA) is 150 Å². The van der Waals surface area contributed by atoms with Crippen molar-refractivity contribution in [3.8, 4) is 11.3 Å². The number of hydrogen-bond acceptors (Lipinski definition) is 10. The van der Waals surface area contributed by atoms with E-state index in [0.717, 1.165) is 17.1 Å². The fraction of sp³-hybridized carbons (Fsp3) is 0.429. The number of benzene rings is 1. The summed E-state index contributed by atoms with van der Waals surface area (Å²) in [6.45, 7) is 2.47. The number of pyridine rings is 1. The highest BCUT2D eigenvalue weighted by atomic mass is 35.5. The molecule has 42 heavy (non-hydrogen) atoms. The van der Waals surface area contributed by atoms with Gasteiger partial charge in [-0.1, -0.05) is 29.8 Å². The summed E-state index contributed by atoms with van der Waals surface area (Å²) >= 11 is 6.44. The zero-order valence-corrected chi connectivity index (χ0v) is 25.2. The van der Waals surface area contributed by atoms with Gasteiger partial charge in [0.1, 0.15) is 11.9 Å². The summed E-state index contributed by atoms with van der Waals surface area (Å²) in [5.74, 6) is 0.517. The third-order valence-electron chi connectivity index (χ3n) is 7.43. The molecule has 4 heterocycles. The number of aliphatic hydroxyl groups is 1. The summed E-state index contributed by atoms with van der Waals surface area (Å²) in [6, 6.07) is 8.63. The fourth-order valence-corrected chi connectivity index (χ4v) is 6.99. The molecule has 0 radical (unpaired) electrons. The molecule has 14 heteroatoms. The number of carbonyl (C=O) groups is 1. The van der Waals surface area contributed by atoms with Gasteiger partial charge in [0.05, 0.1) is 40.2 Å². The zero-order valence-electron chi connectivity index (χ0n) is 23.6. The van der Waals surface area contributed by atoms with E-state index in [4.69, 9.17) is 16.3 Å². The molecular weight excluding hydrogens is 582 g/mol. The van der Waals surface area contributed by atoms with Crippen LogP contribution in [0.4, 0.5) is 11.8 Å². The van der Waals surface area contributed by atoms with Crippen molar-refractivity contribution < 1.29 is 23.1 Å². The highest BCUT2D eigenvalue weighted by Gasteiger charge is 2.41. The maximum Gasteiger partial charge on any atom is 0.244 e. The Balaban J connectivity index is 1.34. The van der Waals surface area contributed by atoms with Gasteiger partial charge in [0.25, 0.3) is 0 Å². The average Bonchev–Trinajstić information content (AvgIpc) is 3.26. The summed E-state index contributed by atoms with van der Waals surface area (Å²) < 4.78 is 33.9. The van der Waals surface area contributed by atoms with E-state index in [-0.39, 0.29) is 22.5 Å². The molecular formula is C28H34ClN7O5S. The molecule has 0 aliphatic carbocycles. The van der Waals surface area contributed by atoms with E-state index >= 15 is 0 Å². The first kappa shape index (κ1) is 30.1. The molecule has 3 N–H and O–H groups in total. The molecule has 2 atom stereocenters. The molecule has 0 bridgehead atoms. The van der Waals surface area contributed by atoms with Crippen LogP contribution in [0.25, 0.3) is 11.3 Å². The number of aliphatic hydroxyl groups excluding tert-OH is 1. The molecule has 2 aromatic heterocycles. The first-order valence-electron chi connectivity index (χ1n) is 13.7. The predicted molar refractivity (Wildman–Crippen MR) is 159 cm³/mol. The molecule has 0 spiro atoms. The minimum atomic E-state index is -4.02. The van der Waals surface area contributed by atoms with Crippen molar-refractivity contribution in [1.82, 2.24) is 24.6 Å². The highest BCUT2D eigenvalue weighted by molar-refractivity contribution is 7.89. The monoisotopic (exact) mass is 615 g/mol. The summed E-state index contributed by atoms with van der Waals surface area (Å²) in [6.07, 6.45) is 3.16. The first-order chi connectivity index (χ1) is 20.1. The molecule has 0 saturated carbocycles. The van der Waals surface area contributed by atoms with Crippen LogP contribution in [-0.4, -0.2) is 84.7 Å². The lowest BCUT2D eigenvalue weighted by Gasteiger charge is -2.25. The molecule has 2 aliphatic heterocycles. The Labute approximate surface area is 250 Å². The van der Waals surface area contributed by atoms with Crippen molar-refractivity contribution in [2.24, 2.45) is 0 Å². The van der Waals surface area contributed by atoms with E-state index in [0.29, 0.717) is 47.5 Å². The lowest BCUT2D eigenvalue weighted by Crippen LogP contribution is -2.46. The minimum Gasteiger partial charge on any atom is -0.394 e.